The highest BCUT2D eigenvalue weighted by atomic mass is 15.1. The minimum Gasteiger partial charge on any atom is -0.330 e. The highest BCUT2D eigenvalue weighted by molar-refractivity contribution is 5.21. The Balaban J connectivity index is 1.85. The number of rotatable bonds is 3. The van der Waals surface area contributed by atoms with E-state index in [0.717, 1.165) is 25.1 Å². The topological polar surface area (TPSA) is 56.7 Å². The lowest BCUT2D eigenvalue weighted by Gasteiger charge is -2.14. The first-order valence-corrected chi connectivity index (χ1v) is 6.53. The minimum absolute atomic E-state index is 0.496. The van der Waals surface area contributed by atoms with E-state index < -0.39 is 0 Å². The van der Waals surface area contributed by atoms with Gasteiger partial charge in [-0.15, -0.1) is 0 Å². The van der Waals surface area contributed by atoms with Crippen molar-refractivity contribution >= 4 is 0 Å². The molecule has 0 spiro atoms. The number of aromatic nitrogens is 3. The Hall–Kier alpha value is -1.68. The molecule has 3 rings (SSSR count). The van der Waals surface area contributed by atoms with Crippen molar-refractivity contribution in [3.8, 4) is 0 Å². The van der Waals surface area contributed by atoms with Crippen LogP contribution in [0.3, 0.4) is 0 Å². The zero-order valence-electron chi connectivity index (χ0n) is 10.5. The van der Waals surface area contributed by atoms with E-state index >= 15 is 0 Å². The fraction of sp³-hybridized carbons (Fsp3) is 0.429. The van der Waals surface area contributed by atoms with Crippen LogP contribution in [-0.4, -0.2) is 14.5 Å². The van der Waals surface area contributed by atoms with Crippen molar-refractivity contribution in [2.75, 3.05) is 0 Å². The lowest BCUT2D eigenvalue weighted by Crippen LogP contribution is -2.09. The SMILES string of the molecule is NCc1cc(Cn2cnc3c2CCCC3)ccn1. The molecule has 0 unspecified atom stereocenters. The van der Waals surface area contributed by atoms with E-state index in [1.54, 1.807) is 0 Å². The maximum absolute atomic E-state index is 5.62. The Bertz CT molecular complexity index is 544. The Morgan fingerprint density at radius 3 is 3.00 bits per heavy atom. The molecule has 2 aromatic rings. The normalized spacial score (nSPS) is 14.5. The summed E-state index contributed by atoms with van der Waals surface area (Å²) in [5.74, 6) is 0. The lowest BCUT2D eigenvalue weighted by atomic mass is 10.0. The maximum atomic E-state index is 5.62. The first kappa shape index (κ1) is 11.4. The smallest absolute Gasteiger partial charge is 0.0954 e. The Labute approximate surface area is 107 Å². The fourth-order valence-electron chi connectivity index (χ4n) is 2.60. The van der Waals surface area contributed by atoms with Gasteiger partial charge in [0.05, 0.1) is 17.7 Å². The van der Waals surface area contributed by atoms with E-state index in [4.69, 9.17) is 5.73 Å². The summed E-state index contributed by atoms with van der Waals surface area (Å²) in [5, 5.41) is 0. The molecule has 0 aromatic carbocycles. The zero-order valence-corrected chi connectivity index (χ0v) is 10.5. The van der Waals surface area contributed by atoms with Crippen LogP contribution in [0.15, 0.2) is 24.7 Å². The summed E-state index contributed by atoms with van der Waals surface area (Å²) in [6, 6.07) is 4.13. The molecule has 0 saturated carbocycles. The zero-order chi connectivity index (χ0) is 12.4. The number of fused-ring (bicyclic) bond motifs is 1. The van der Waals surface area contributed by atoms with Crippen LogP contribution in [0.2, 0.25) is 0 Å². The third-order valence-corrected chi connectivity index (χ3v) is 3.55. The molecule has 2 heterocycles. The molecule has 0 aliphatic heterocycles. The van der Waals surface area contributed by atoms with Crippen molar-refractivity contribution in [1.82, 2.24) is 14.5 Å². The molecule has 1 aliphatic carbocycles. The highest BCUT2D eigenvalue weighted by Gasteiger charge is 2.15. The standard InChI is InChI=1S/C14H18N4/c15-8-12-7-11(5-6-16-12)9-18-10-17-13-3-1-2-4-14(13)18/h5-7,10H,1-4,8-9,15H2. The Morgan fingerprint density at radius 1 is 1.22 bits per heavy atom. The van der Waals surface area contributed by atoms with E-state index in [9.17, 15) is 0 Å². The van der Waals surface area contributed by atoms with Gasteiger partial charge in [0.25, 0.3) is 0 Å². The second kappa shape index (κ2) is 4.90. The van der Waals surface area contributed by atoms with Crippen molar-refractivity contribution in [3.05, 3.63) is 47.3 Å². The van der Waals surface area contributed by atoms with Gasteiger partial charge in [0, 0.05) is 25.0 Å². The predicted molar refractivity (Wildman–Crippen MR) is 70.1 cm³/mol. The van der Waals surface area contributed by atoms with Gasteiger partial charge in [-0.3, -0.25) is 4.98 Å². The molecular weight excluding hydrogens is 224 g/mol. The fourth-order valence-corrected chi connectivity index (χ4v) is 2.60. The number of imidazole rings is 1. The van der Waals surface area contributed by atoms with Gasteiger partial charge in [-0.05, 0) is 43.4 Å². The molecule has 2 aromatic heterocycles. The average molecular weight is 242 g/mol. The molecule has 0 radical (unpaired) electrons. The van der Waals surface area contributed by atoms with Crippen molar-refractivity contribution in [1.29, 1.82) is 0 Å². The molecule has 4 nitrogen and oxygen atoms in total. The molecule has 4 heteroatoms. The van der Waals surface area contributed by atoms with Gasteiger partial charge in [0.2, 0.25) is 0 Å². The first-order chi connectivity index (χ1) is 8.86. The third kappa shape index (κ3) is 2.16. The molecule has 0 atom stereocenters. The number of hydrogen-bond donors (Lipinski definition) is 1. The van der Waals surface area contributed by atoms with Crippen LogP contribution in [0.25, 0.3) is 0 Å². The second-order valence-corrected chi connectivity index (χ2v) is 4.83. The summed E-state index contributed by atoms with van der Waals surface area (Å²) in [6.45, 7) is 1.37. The number of pyridine rings is 1. The van der Waals surface area contributed by atoms with Crippen LogP contribution in [0.5, 0.6) is 0 Å². The van der Waals surface area contributed by atoms with Gasteiger partial charge >= 0.3 is 0 Å². The van der Waals surface area contributed by atoms with Gasteiger partial charge in [-0.1, -0.05) is 0 Å². The van der Waals surface area contributed by atoms with Crippen LogP contribution in [0, 0.1) is 0 Å². The van der Waals surface area contributed by atoms with E-state index in [1.165, 1.54) is 29.8 Å². The summed E-state index contributed by atoms with van der Waals surface area (Å²) >= 11 is 0. The van der Waals surface area contributed by atoms with Crippen molar-refractivity contribution in [3.63, 3.8) is 0 Å². The molecular formula is C14H18N4. The molecule has 0 bridgehead atoms. The predicted octanol–water partition coefficient (Wildman–Crippen LogP) is 1.66. The summed E-state index contributed by atoms with van der Waals surface area (Å²) < 4.78 is 2.27. The van der Waals surface area contributed by atoms with Crippen molar-refractivity contribution in [2.24, 2.45) is 5.73 Å². The lowest BCUT2D eigenvalue weighted by molar-refractivity contribution is 0.628. The van der Waals surface area contributed by atoms with E-state index in [1.807, 2.05) is 18.6 Å². The van der Waals surface area contributed by atoms with Gasteiger partial charge in [0.15, 0.2) is 0 Å². The second-order valence-electron chi connectivity index (χ2n) is 4.83. The number of nitrogens with two attached hydrogens (primary N) is 1. The van der Waals surface area contributed by atoms with Crippen LogP contribution >= 0.6 is 0 Å². The molecule has 0 fully saturated rings. The number of hydrogen-bond acceptors (Lipinski definition) is 3. The van der Waals surface area contributed by atoms with Gasteiger partial charge < -0.3 is 10.3 Å². The molecule has 18 heavy (non-hydrogen) atoms. The van der Waals surface area contributed by atoms with Gasteiger partial charge in [-0.25, -0.2) is 4.98 Å². The first-order valence-electron chi connectivity index (χ1n) is 6.53. The van der Waals surface area contributed by atoms with Crippen LogP contribution in [-0.2, 0) is 25.9 Å². The third-order valence-electron chi connectivity index (χ3n) is 3.55. The van der Waals surface area contributed by atoms with Crippen LogP contribution < -0.4 is 5.73 Å². The summed E-state index contributed by atoms with van der Waals surface area (Å²) in [5.41, 5.74) is 10.5. The molecule has 1 aliphatic rings. The Kier molecular flexibility index (Phi) is 3.11. The van der Waals surface area contributed by atoms with Crippen LogP contribution in [0.1, 0.15) is 35.5 Å². The Morgan fingerprint density at radius 2 is 2.11 bits per heavy atom. The molecule has 2 N–H and O–H groups in total. The molecule has 94 valence electrons. The molecule has 0 amide bonds. The minimum atomic E-state index is 0.496. The number of nitrogens with zero attached hydrogens (tertiary/aromatic N) is 3. The average Bonchev–Trinajstić information content (AvgIpc) is 2.83. The summed E-state index contributed by atoms with van der Waals surface area (Å²) in [6.07, 6.45) is 8.65. The maximum Gasteiger partial charge on any atom is 0.0954 e. The van der Waals surface area contributed by atoms with Crippen molar-refractivity contribution < 1.29 is 0 Å². The summed E-state index contributed by atoms with van der Waals surface area (Å²) in [4.78, 5) is 8.74. The quantitative estimate of drug-likeness (QED) is 0.890. The van der Waals surface area contributed by atoms with E-state index in [0.29, 0.717) is 6.54 Å². The van der Waals surface area contributed by atoms with Crippen LogP contribution in [0.4, 0.5) is 0 Å². The van der Waals surface area contributed by atoms with Crippen molar-refractivity contribution in [2.45, 2.75) is 38.8 Å². The van der Waals surface area contributed by atoms with Gasteiger partial charge in [0.1, 0.15) is 0 Å². The monoisotopic (exact) mass is 242 g/mol. The van der Waals surface area contributed by atoms with E-state index in [2.05, 4.69) is 20.6 Å². The van der Waals surface area contributed by atoms with E-state index in [-0.39, 0.29) is 0 Å². The van der Waals surface area contributed by atoms with Gasteiger partial charge in [-0.2, -0.15) is 0 Å². The highest BCUT2D eigenvalue weighted by Crippen LogP contribution is 2.20. The summed E-state index contributed by atoms with van der Waals surface area (Å²) in [7, 11) is 0. The number of aryl methyl sites for hydroxylation is 1. The molecule has 0 saturated heterocycles. The largest absolute Gasteiger partial charge is 0.330 e.